The van der Waals surface area contributed by atoms with Gasteiger partial charge in [-0.1, -0.05) is 13.8 Å². The van der Waals surface area contributed by atoms with Crippen LogP contribution in [0.2, 0.25) is 0 Å². The highest BCUT2D eigenvalue weighted by molar-refractivity contribution is 5.71. The highest BCUT2D eigenvalue weighted by atomic mass is 16.4. The van der Waals surface area contributed by atoms with Gasteiger partial charge in [0.2, 0.25) is 5.43 Å². The van der Waals surface area contributed by atoms with Gasteiger partial charge in [-0.05, 0) is 32.9 Å². The fourth-order valence-corrected chi connectivity index (χ4v) is 2.32. The molecule has 6 nitrogen and oxygen atoms in total. The number of carbonyl (C=O) groups is 1. The van der Waals surface area contributed by atoms with E-state index < -0.39 is 23.2 Å². The third-order valence-electron chi connectivity index (χ3n) is 3.38. The Morgan fingerprint density at radius 1 is 1.33 bits per heavy atom. The normalized spacial score (nSPS) is 12.6. The number of hydrogen-bond donors (Lipinski definition) is 2. The van der Waals surface area contributed by atoms with Crippen LogP contribution in [0.1, 0.15) is 45.3 Å². The minimum absolute atomic E-state index is 0.426. The maximum Gasteiger partial charge on any atom is 0.326 e. The molecule has 0 bridgehead atoms. The molecule has 1 aromatic heterocycles. The Labute approximate surface area is 124 Å². The number of aromatic hydroxyl groups is 1. The number of rotatable bonds is 8. The van der Waals surface area contributed by atoms with E-state index >= 15 is 0 Å². The van der Waals surface area contributed by atoms with E-state index in [0.29, 0.717) is 12.2 Å². The Morgan fingerprint density at radius 2 is 1.90 bits per heavy atom. The molecule has 0 aliphatic heterocycles. The molecular formula is C15H24N2O4. The molecular weight excluding hydrogens is 272 g/mol. The number of carboxylic acids is 1. The summed E-state index contributed by atoms with van der Waals surface area (Å²) in [5.74, 6) is -1.43. The lowest BCUT2D eigenvalue weighted by Gasteiger charge is -2.24. The topological polar surface area (TPSA) is 82.8 Å². The summed E-state index contributed by atoms with van der Waals surface area (Å²) in [6.45, 7) is 7.93. The number of aliphatic carboxylic acids is 1. The minimum atomic E-state index is -1.00. The predicted octanol–water partition coefficient (Wildman–Crippen LogP) is 1.82. The van der Waals surface area contributed by atoms with Gasteiger partial charge < -0.3 is 14.8 Å². The van der Waals surface area contributed by atoms with Crippen LogP contribution >= 0.6 is 0 Å². The summed E-state index contributed by atoms with van der Waals surface area (Å²) in [5.41, 5.74) is 0.126. The lowest BCUT2D eigenvalue weighted by atomic mass is 10.2. The molecule has 1 unspecified atom stereocenters. The van der Waals surface area contributed by atoms with Crippen LogP contribution in [0.15, 0.2) is 17.1 Å². The molecule has 6 heteroatoms. The first-order valence-electron chi connectivity index (χ1n) is 7.29. The average molecular weight is 296 g/mol. The van der Waals surface area contributed by atoms with Gasteiger partial charge in [0.25, 0.3) is 0 Å². The molecule has 1 atom stereocenters. The van der Waals surface area contributed by atoms with Crippen LogP contribution < -0.4 is 5.43 Å². The van der Waals surface area contributed by atoms with Gasteiger partial charge in [0.1, 0.15) is 6.04 Å². The Morgan fingerprint density at radius 3 is 2.38 bits per heavy atom. The van der Waals surface area contributed by atoms with E-state index in [9.17, 15) is 14.7 Å². The van der Waals surface area contributed by atoms with E-state index in [1.165, 1.54) is 23.8 Å². The standard InChI is InChI=1S/C15H24N2O4/c1-4-6-16(7-5-2)9-12-8-13(18)14(19)10-17(12)11(3)15(20)21/h8,10-11,19H,4-7,9H2,1-3H3,(H,20,21). The molecule has 0 aliphatic rings. The number of carboxylic acid groups (broad SMARTS) is 1. The molecule has 2 N–H and O–H groups in total. The molecule has 118 valence electrons. The molecule has 0 fully saturated rings. The van der Waals surface area contributed by atoms with E-state index in [2.05, 4.69) is 18.7 Å². The van der Waals surface area contributed by atoms with Gasteiger partial charge in [-0.25, -0.2) is 4.79 Å². The summed E-state index contributed by atoms with van der Waals surface area (Å²) < 4.78 is 1.46. The molecule has 0 radical (unpaired) electrons. The molecule has 0 saturated heterocycles. The molecule has 1 aromatic rings. The molecule has 0 amide bonds. The van der Waals surface area contributed by atoms with E-state index in [-0.39, 0.29) is 0 Å². The fourth-order valence-electron chi connectivity index (χ4n) is 2.32. The van der Waals surface area contributed by atoms with Gasteiger partial charge in [0.15, 0.2) is 5.75 Å². The summed E-state index contributed by atoms with van der Waals surface area (Å²) in [6.07, 6.45) is 3.18. The van der Waals surface area contributed by atoms with Crippen molar-refractivity contribution < 1.29 is 15.0 Å². The average Bonchev–Trinajstić information content (AvgIpc) is 2.42. The Balaban J connectivity index is 3.16. The Hall–Kier alpha value is -1.82. The SMILES string of the molecule is CCCN(CCC)Cc1cc(=O)c(O)cn1C(C)C(=O)O. The van der Waals surface area contributed by atoms with Crippen LogP contribution in [0.25, 0.3) is 0 Å². The summed E-state index contributed by atoms with van der Waals surface area (Å²) >= 11 is 0. The van der Waals surface area contributed by atoms with E-state index in [1.54, 1.807) is 0 Å². The van der Waals surface area contributed by atoms with E-state index in [4.69, 9.17) is 5.11 Å². The molecule has 0 spiro atoms. The maximum absolute atomic E-state index is 11.7. The van der Waals surface area contributed by atoms with Crippen molar-refractivity contribution in [3.05, 3.63) is 28.2 Å². The van der Waals surface area contributed by atoms with E-state index in [0.717, 1.165) is 25.9 Å². The van der Waals surface area contributed by atoms with Crippen LogP contribution in [-0.2, 0) is 11.3 Å². The third kappa shape index (κ3) is 4.60. The molecule has 21 heavy (non-hydrogen) atoms. The second kappa shape index (κ2) is 7.83. The van der Waals surface area contributed by atoms with E-state index in [1.807, 2.05) is 0 Å². The summed E-state index contributed by atoms with van der Waals surface area (Å²) in [7, 11) is 0. The lowest BCUT2D eigenvalue weighted by molar-refractivity contribution is -0.140. The van der Waals surface area contributed by atoms with Crippen LogP contribution in [0.4, 0.5) is 0 Å². The van der Waals surface area contributed by atoms with Crippen molar-refractivity contribution in [2.45, 2.75) is 46.2 Å². The zero-order valence-electron chi connectivity index (χ0n) is 12.9. The fraction of sp³-hybridized carbons (Fsp3) is 0.600. The monoisotopic (exact) mass is 296 g/mol. The zero-order valence-corrected chi connectivity index (χ0v) is 12.9. The van der Waals surface area contributed by atoms with Crippen LogP contribution in [0.3, 0.4) is 0 Å². The van der Waals surface area contributed by atoms with Gasteiger partial charge >= 0.3 is 5.97 Å². The van der Waals surface area contributed by atoms with Gasteiger partial charge in [-0.2, -0.15) is 0 Å². The molecule has 0 aromatic carbocycles. The van der Waals surface area contributed by atoms with Gasteiger partial charge in [-0.3, -0.25) is 9.69 Å². The Kier molecular flexibility index (Phi) is 6.42. The first kappa shape index (κ1) is 17.2. The van der Waals surface area contributed by atoms with Gasteiger partial charge in [0.05, 0.1) is 6.20 Å². The smallest absolute Gasteiger partial charge is 0.326 e. The second-order valence-electron chi connectivity index (χ2n) is 5.21. The molecule has 1 heterocycles. The first-order chi connectivity index (χ1) is 9.90. The zero-order chi connectivity index (χ0) is 16.0. The molecule has 1 rings (SSSR count). The van der Waals surface area contributed by atoms with Crippen molar-refractivity contribution in [1.29, 1.82) is 0 Å². The van der Waals surface area contributed by atoms with Crippen molar-refractivity contribution >= 4 is 5.97 Å². The summed E-state index contributed by atoms with van der Waals surface area (Å²) in [4.78, 5) is 25.0. The van der Waals surface area contributed by atoms with Crippen molar-refractivity contribution in [2.24, 2.45) is 0 Å². The summed E-state index contributed by atoms with van der Waals surface area (Å²) in [6, 6.07) is 0.490. The van der Waals surface area contributed by atoms with Crippen LogP contribution in [-0.4, -0.2) is 38.7 Å². The van der Waals surface area contributed by atoms with Crippen molar-refractivity contribution in [2.75, 3.05) is 13.1 Å². The molecule has 0 aliphatic carbocycles. The number of pyridine rings is 1. The van der Waals surface area contributed by atoms with Crippen molar-refractivity contribution in [3.8, 4) is 5.75 Å². The van der Waals surface area contributed by atoms with Crippen LogP contribution in [0.5, 0.6) is 5.75 Å². The Bertz CT molecular complexity index is 533. The van der Waals surface area contributed by atoms with Crippen LogP contribution in [0, 0.1) is 0 Å². The third-order valence-corrected chi connectivity index (χ3v) is 3.38. The van der Waals surface area contributed by atoms with Gasteiger partial charge in [-0.15, -0.1) is 0 Å². The highest BCUT2D eigenvalue weighted by Gasteiger charge is 2.18. The molecule has 0 saturated carbocycles. The summed E-state index contributed by atoms with van der Waals surface area (Å²) in [5, 5.41) is 18.7. The largest absolute Gasteiger partial charge is 0.503 e. The van der Waals surface area contributed by atoms with Gasteiger partial charge in [0, 0.05) is 18.3 Å². The highest BCUT2D eigenvalue weighted by Crippen LogP contribution is 2.15. The van der Waals surface area contributed by atoms with Crippen molar-refractivity contribution in [1.82, 2.24) is 9.47 Å². The number of hydrogen-bond acceptors (Lipinski definition) is 4. The second-order valence-corrected chi connectivity index (χ2v) is 5.21. The lowest BCUT2D eigenvalue weighted by Crippen LogP contribution is -2.29. The number of aromatic nitrogens is 1. The quantitative estimate of drug-likeness (QED) is 0.764. The number of nitrogens with zero attached hydrogens (tertiary/aromatic N) is 2. The minimum Gasteiger partial charge on any atom is -0.503 e. The van der Waals surface area contributed by atoms with Crippen molar-refractivity contribution in [3.63, 3.8) is 0 Å². The predicted molar refractivity (Wildman–Crippen MR) is 80.6 cm³/mol. The maximum atomic E-state index is 11.7. The first-order valence-corrected chi connectivity index (χ1v) is 7.29.